The Hall–Kier alpha value is -2.07. The minimum absolute atomic E-state index is 0.0486. The van der Waals surface area contributed by atoms with Crippen LogP contribution in [0.4, 0.5) is 0 Å². The molecule has 2 N–H and O–H groups in total. The number of nitrogens with zero attached hydrogens (tertiary/aromatic N) is 1. The minimum atomic E-state index is -0.0486. The molecule has 100 valence electrons. The summed E-state index contributed by atoms with van der Waals surface area (Å²) in [7, 11) is 0. The van der Waals surface area contributed by atoms with Crippen molar-refractivity contribution < 1.29 is 9.47 Å². The van der Waals surface area contributed by atoms with Gasteiger partial charge in [0.1, 0.15) is 0 Å². The molecule has 1 unspecified atom stereocenters. The third kappa shape index (κ3) is 3.45. The van der Waals surface area contributed by atoms with Crippen molar-refractivity contribution >= 4 is 0 Å². The summed E-state index contributed by atoms with van der Waals surface area (Å²) in [6.45, 7) is 4.45. The SMILES string of the molecule is CCOc1ccccc1Oc1cc(C(C)N)ccn1. The van der Waals surface area contributed by atoms with Crippen molar-refractivity contribution in [3.63, 3.8) is 0 Å². The van der Waals surface area contributed by atoms with Gasteiger partial charge in [-0.2, -0.15) is 0 Å². The Bertz CT molecular complexity index is 541. The predicted octanol–water partition coefficient (Wildman–Crippen LogP) is 3.29. The average molecular weight is 258 g/mol. The first-order valence-electron chi connectivity index (χ1n) is 6.32. The lowest BCUT2D eigenvalue weighted by atomic mass is 10.1. The quantitative estimate of drug-likeness (QED) is 0.894. The van der Waals surface area contributed by atoms with Crippen LogP contribution >= 0.6 is 0 Å². The van der Waals surface area contributed by atoms with Gasteiger partial charge in [0.05, 0.1) is 6.61 Å². The molecule has 1 atom stereocenters. The molecule has 2 rings (SSSR count). The molecule has 0 saturated heterocycles. The molecule has 0 radical (unpaired) electrons. The van der Waals surface area contributed by atoms with Crippen LogP contribution in [0, 0.1) is 0 Å². The average Bonchev–Trinajstić information content (AvgIpc) is 2.41. The number of hydrogen-bond donors (Lipinski definition) is 1. The highest BCUT2D eigenvalue weighted by molar-refractivity contribution is 5.42. The lowest BCUT2D eigenvalue weighted by molar-refractivity contribution is 0.319. The number of aromatic nitrogens is 1. The first kappa shape index (κ1) is 13.4. The summed E-state index contributed by atoms with van der Waals surface area (Å²) in [5.74, 6) is 1.87. The summed E-state index contributed by atoms with van der Waals surface area (Å²) in [5, 5.41) is 0. The maximum Gasteiger partial charge on any atom is 0.219 e. The van der Waals surface area contributed by atoms with Crippen LogP contribution in [0.15, 0.2) is 42.6 Å². The highest BCUT2D eigenvalue weighted by Gasteiger charge is 2.07. The zero-order chi connectivity index (χ0) is 13.7. The van der Waals surface area contributed by atoms with Gasteiger partial charge in [0, 0.05) is 18.3 Å². The first-order valence-corrected chi connectivity index (χ1v) is 6.32. The molecule has 0 saturated carbocycles. The number of hydrogen-bond acceptors (Lipinski definition) is 4. The van der Waals surface area contributed by atoms with Crippen LogP contribution in [0.3, 0.4) is 0 Å². The zero-order valence-electron chi connectivity index (χ0n) is 11.2. The Morgan fingerprint density at radius 1 is 1.21 bits per heavy atom. The second-order valence-corrected chi connectivity index (χ2v) is 4.20. The van der Waals surface area contributed by atoms with E-state index in [0.29, 0.717) is 24.0 Å². The van der Waals surface area contributed by atoms with Gasteiger partial charge in [-0.15, -0.1) is 0 Å². The monoisotopic (exact) mass is 258 g/mol. The number of rotatable bonds is 5. The topological polar surface area (TPSA) is 57.4 Å². The predicted molar refractivity (Wildman–Crippen MR) is 74.5 cm³/mol. The van der Waals surface area contributed by atoms with E-state index in [1.807, 2.05) is 50.2 Å². The standard InChI is InChI=1S/C15H18N2O2/c1-3-18-13-6-4-5-7-14(13)19-15-10-12(11(2)16)8-9-17-15/h4-11H,3,16H2,1-2H3. The first-order chi connectivity index (χ1) is 9.20. The molecule has 1 aromatic heterocycles. The smallest absolute Gasteiger partial charge is 0.219 e. The second-order valence-electron chi connectivity index (χ2n) is 4.20. The van der Waals surface area contributed by atoms with Gasteiger partial charge in [0.25, 0.3) is 0 Å². The number of nitrogens with two attached hydrogens (primary N) is 1. The maximum atomic E-state index is 5.85. The van der Waals surface area contributed by atoms with Gasteiger partial charge in [-0.1, -0.05) is 12.1 Å². The normalized spacial score (nSPS) is 11.9. The molecule has 0 aliphatic rings. The number of benzene rings is 1. The number of para-hydroxylation sites is 2. The van der Waals surface area contributed by atoms with E-state index < -0.39 is 0 Å². The summed E-state index contributed by atoms with van der Waals surface area (Å²) in [5.41, 5.74) is 6.83. The van der Waals surface area contributed by atoms with E-state index in [0.717, 1.165) is 5.56 Å². The van der Waals surface area contributed by atoms with Crippen LogP contribution < -0.4 is 15.2 Å². The van der Waals surface area contributed by atoms with Crippen LogP contribution in [0.5, 0.6) is 17.4 Å². The third-order valence-corrected chi connectivity index (χ3v) is 2.65. The molecular formula is C15H18N2O2. The van der Waals surface area contributed by atoms with Crippen LogP contribution in [0.2, 0.25) is 0 Å². The summed E-state index contributed by atoms with van der Waals surface area (Å²) < 4.78 is 11.3. The fourth-order valence-electron chi connectivity index (χ4n) is 1.69. The summed E-state index contributed by atoms with van der Waals surface area (Å²) in [6.07, 6.45) is 1.69. The molecule has 0 aliphatic heterocycles. The Morgan fingerprint density at radius 2 is 1.95 bits per heavy atom. The van der Waals surface area contributed by atoms with Crippen molar-refractivity contribution in [1.29, 1.82) is 0 Å². The van der Waals surface area contributed by atoms with E-state index in [1.165, 1.54) is 0 Å². The molecule has 4 nitrogen and oxygen atoms in total. The van der Waals surface area contributed by atoms with Gasteiger partial charge in [-0.25, -0.2) is 4.98 Å². The molecule has 0 spiro atoms. The van der Waals surface area contributed by atoms with Gasteiger partial charge in [-0.05, 0) is 37.6 Å². The molecule has 0 aliphatic carbocycles. The summed E-state index contributed by atoms with van der Waals surface area (Å²) >= 11 is 0. The second kappa shape index (κ2) is 6.20. The van der Waals surface area contributed by atoms with E-state index in [4.69, 9.17) is 15.2 Å². The number of ether oxygens (including phenoxy) is 2. The van der Waals surface area contributed by atoms with Crippen LogP contribution in [-0.4, -0.2) is 11.6 Å². The van der Waals surface area contributed by atoms with Gasteiger partial charge in [0.2, 0.25) is 5.88 Å². The third-order valence-electron chi connectivity index (χ3n) is 2.65. The molecule has 1 aromatic carbocycles. The molecule has 4 heteroatoms. The van der Waals surface area contributed by atoms with E-state index >= 15 is 0 Å². The minimum Gasteiger partial charge on any atom is -0.490 e. The van der Waals surface area contributed by atoms with Crippen LogP contribution in [-0.2, 0) is 0 Å². The summed E-state index contributed by atoms with van der Waals surface area (Å²) in [4.78, 5) is 4.18. The molecule has 0 bridgehead atoms. The maximum absolute atomic E-state index is 5.85. The molecule has 0 fully saturated rings. The zero-order valence-corrected chi connectivity index (χ0v) is 11.2. The van der Waals surface area contributed by atoms with Gasteiger partial charge >= 0.3 is 0 Å². The van der Waals surface area contributed by atoms with Crippen LogP contribution in [0.25, 0.3) is 0 Å². The van der Waals surface area contributed by atoms with Gasteiger partial charge in [-0.3, -0.25) is 0 Å². The van der Waals surface area contributed by atoms with Gasteiger partial charge < -0.3 is 15.2 Å². The van der Waals surface area contributed by atoms with Crippen molar-refractivity contribution in [2.75, 3.05) is 6.61 Å². The number of pyridine rings is 1. The molecule has 19 heavy (non-hydrogen) atoms. The lowest BCUT2D eigenvalue weighted by Crippen LogP contribution is -2.05. The Morgan fingerprint density at radius 3 is 2.63 bits per heavy atom. The molecule has 0 amide bonds. The molecular weight excluding hydrogens is 240 g/mol. The molecule has 1 heterocycles. The van der Waals surface area contributed by atoms with Crippen molar-refractivity contribution in [2.45, 2.75) is 19.9 Å². The van der Waals surface area contributed by atoms with Crippen molar-refractivity contribution in [3.8, 4) is 17.4 Å². The van der Waals surface area contributed by atoms with Crippen molar-refractivity contribution in [1.82, 2.24) is 4.98 Å². The van der Waals surface area contributed by atoms with Gasteiger partial charge in [0.15, 0.2) is 11.5 Å². The highest BCUT2D eigenvalue weighted by Crippen LogP contribution is 2.30. The van der Waals surface area contributed by atoms with E-state index in [9.17, 15) is 0 Å². The lowest BCUT2D eigenvalue weighted by Gasteiger charge is -2.12. The van der Waals surface area contributed by atoms with E-state index in [1.54, 1.807) is 6.20 Å². The largest absolute Gasteiger partial charge is 0.490 e. The fourth-order valence-corrected chi connectivity index (χ4v) is 1.69. The summed E-state index contributed by atoms with van der Waals surface area (Å²) in [6, 6.07) is 11.2. The molecule has 2 aromatic rings. The fraction of sp³-hybridized carbons (Fsp3) is 0.267. The Labute approximate surface area is 113 Å². The van der Waals surface area contributed by atoms with E-state index in [2.05, 4.69) is 4.98 Å². The van der Waals surface area contributed by atoms with E-state index in [-0.39, 0.29) is 6.04 Å². The van der Waals surface area contributed by atoms with Crippen LogP contribution in [0.1, 0.15) is 25.5 Å². The Kier molecular flexibility index (Phi) is 4.36. The van der Waals surface area contributed by atoms with Crippen molar-refractivity contribution in [3.05, 3.63) is 48.2 Å². The van der Waals surface area contributed by atoms with Crippen molar-refractivity contribution in [2.24, 2.45) is 5.73 Å². The Balaban J connectivity index is 2.23. The highest BCUT2D eigenvalue weighted by atomic mass is 16.5.